The minimum Gasteiger partial charge on any atom is -0.484 e. The monoisotopic (exact) mass is 763 g/mol. The summed E-state index contributed by atoms with van der Waals surface area (Å²) in [6.07, 6.45) is 6.90. The Labute approximate surface area is 327 Å². The number of anilines is 2. The first kappa shape index (κ1) is 38.8. The number of carbonyl (C=O) groups is 2. The maximum Gasteiger partial charge on any atom is 0.320 e. The van der Waals surface area contributed by atoms with E-state index in [-0.39, 0.29) is 30.1 Å². The molecule has 0 saturated carbocycles. The highest BCUT2D eigenvalue weighted by atomic mass is 16.5. The highest BCUT2D eigenvalue weighted by Crippen LogP contribution is 2.39. The number of nitrogens with zero attached hydrogens (tertiary/aromatic N) is 7. The van der Waals surface area contributed by atoms with E-state index >= 15 is 0 Å². The predicted molar refractivity (Wildman–Crippen MR) is 215 cm³/mol. The molecule has 2 fully saturated rings. The molecule has 8 rings (SSSR count). The van der Waals surface area contributed by atoms with Gasteiger partial charge in [-0.3, -0.25) is 19.4 Å². The summed E-state index contributed by atoms with van der Waals surface area (Å²) in [6, 6.07) is 22.6. The number of piperidine rings is 1. The van der Waals surface area contributed by atoms with Crippen molar-refractivity contribution in [2.24, 2.45) is 0 Å². The summed E-state index contributed by atoms with van der Waals surface area (Å²) in [6.45, 7) is 13.6. The molecular formula is C42H53N9O5. The van der Waals surface area contributed by atoms with Crippen LogP contribution in [0.5, 0.6) is 5.75 Å². The predicted octanol–water partition coefficient (Wildman–Crippen LogP) is 6.90. The number of pyridine rings is 1. The summed E-state index contributed by atoms with van der Waals surface area (Å²) >= 11 is 0. The number of carbonyl (C=O) groups excluding carboxylic acids is 1. The number of rotatable bonds is 8. The number of aromatic nitrogens is 5. The van der Waals surface area contributed by atoms with Gasteiger partial charge in [0.05, 0.1) is 36.8 Å². The van der Waals surface area contributed by atoms with E-state index in [1.165, 1.54) is 12.0 Å². The van der Waals surface area contributed by atoms with Crippen LogP contribution in [0.25, 0.3) is 11.3 Å². The minimum absolute atomic E-state index is 0.154. The van der Waals surface area contributed by atoms with Gasteiger partial charge in [0, 0.05) is 43.7 Å². The first-order chi connectivity index (χ1) is 27.1. The topological polar surface area (TPSA) is 151 Å². The highest BCUT2D eigenvalue weighted by Gasteiger charge is 2.31. The van der Waals surface area contributed by atoms with E-state index in [1.54, 1.807) is 0 Å². The van der Waals surface area contributed by atoms with Gasteiger partial charge in [-0.15, -0.1) is 10.2 Å². The fourth-order valence-corrected chi connectivity index (χ4v) is 7.86. The van der Waals surface area contributed by atoms with Gasteiger partial charge in [0.1, 0.15) is 17.7 Å². The summed E-state index contributed by atoms with van der Waals surface area (Å²) in [7, 11) is 0. The fraction of sp³-hybridized carbons (Fsp3) is 0.452. The van der Waals surface area contributed by atoms with Crippen LogP contribution in [0.1, 0.15) is 94.3 Å². The molecule has 3 N–H and O–H groups in total. The van der Waals surface area contributed by atoms with E-state index in [1.807, 2.05) is 47.3 Å². The van der Waals surface area contributed by atoms with Crippen molar-refractivity contribution in [2.45, 2.75) is 89.9 Å². The first-order valence-electron chi connectivity index (χ1n) is 19.6. The molecule has 1 aliphatic carbocycles. The van der Waals surface area contributed by atoms with Gasteiger partial charge in [0.25, 0.3) is 6.47 Å². The molecule has 2 amide bonds. The number of nitrogens with one attached hydrogen (secondary N) is 2. The molecule has 14 nitrogen and oxygen atoms in total. The average Bonchev–Trinajstić information content (AvgIpc) is 3.81. The fourth-order valence-electron chi connectivity index (χ4n) is 7.86. The Hall–Kier alpha value is -5.47. The average molecular weight is 764 g/mol. The zero-order chi connectivity index (χ0) is 39.2. The lowest BCUT2D eigenvalue weighted by Crippen LogP contribution is -2.38. The Morgan fingerprint density at radius 1 is 0.964 bits per heavy atom. The molecule has 3 aromatic heterocycles. The second kappa shape index (κ2) is 17.1. The number of amides is 2. The normalized spacial score (nSPS) is 20.1. The third-order valence-corrected chi connectivity index (χ3v) is 10.8. The molecule has 2 aromatic carbocycles. The smallest absolute Gasteiger partial charge is 0.320 e. The van der Waals surface area contributed by atoms with Crippen LogP contribution in [0.15, 0.2) is 72.9 Å². The van der Waals surface area contributed by atoms with E-state index in [0.29, 0.717) is 11.9 Å². The van der Waals surface area contributed by atoms with Gasteiger partial charge in [0.15, 0.2) is 5.65 Å². The first-order valence-corrected chi connectivity index (χ1v) is 19.6. The molecule has 5 aromatic rings. The molecule has 2 aliphatic heterocycles. The number of hydrogen-bond donors (Lipinski definition) is 3. The van der Waals surface area contributed by atoms with Crippen molar-refractivity contribution in [3.8, 4) is 11.4 Å². The van der Waals surface area contributed by atoms with Gasteiger partial charge in [-0.25, -0.2) is 9.48 Å². The van der Waals surface area contributed by atoms with Crippen LogP contribution >= 0.6 is 0 Å². The lowest BCUT2D eigenvalue weighted by Gasteiger charge is -2.33. The van der Waals surface area contributed by atoms with Gasteiger partial charge in [-0.2, -0.15) is 5.10 Å². The van der Waals surface area contributed by atoms with Crippen molar-refractivity contribution >= 4 is 29.9 Å². The third-order valence-electron chi connectivity index (χ3n) is 10.8. The molecule has 5 heterocycles. The maximum absolute atomic E-state index is 13.8. The summed E-state index contributed by atoms with van der Waals surface area (Å²) in [4.78, 5) is 26.9. The van der Waals surface area contributed by atoms with E-state index in [4.69, 9.17) is 24.5 Å². The lowest BCUT2D eigenvalue weighted by molar-refractivity contribution is -0.122. The summed E-state index contributed by atoms with van der Waals surface area (Å²) in [5, 5.41) is 27.3. The molecule has 14 heteroatoms. The van der Waals surface area contributed by atoms with Crippen LogP contribution in [0.3, 0.4) is 0 Å². The molecule has 296 valence electrons. The molecule has 0 spiro atoms. The molecule has 2 saturated heterocycles. The summed E-state index contributed by atoms with van der Waals surface area (Å²) < 4.78 is 16.1. The highest BCUT2D eigenvalue weighted by molar-refractivity contribution is 5.89. The SMILES string of the molecule is CC1CCCCN1c1nnc2ccc(O[C@@H]3CC[C@H](NC(=O)Nc4cc(C(C)(C)C)nn4-c4cccc(CN5CCOCC5)c4)c4ccccc43)cn12.O=CO. The van der Waals surface area contributed by atoms with E-state index in [0.717, 1.165) is 105 Å². The van der Waals surface area contributed by atoms with Crippen LogP contribution in [0.4, 0.5) is 16.6 Å². The number of benzene rings is 2. The zero-order valence-electron chi connectivity index (χ0n) is 32.7. The van der Waals surface area contributed by atoms with Gasteiger partial charge in [-0.1, -0.05) is 57.2 Å². The third kappa shape index (κ3) is 8.81. The zero-order valence-corrected chi connectivity index (χ0v) is 32.7. The summed E-state index contributed by atoms with van der Waals surface area (Å²) in [5.74, 6) is 2.27. The van der Waals surface area contributed by atoms with Gasteiger partial charge in [-0.05, 0) is 80.0 Å². The van der Waals surface area contributed by atoms with Gasteiger partial charge < -0.3 is 24.8 Å². The van der Waals surface area contributed by atoms with Crippen molar-refractivity contribution in [2.75, 3.05) is 43.1 Å². The number of hydrogen-bond acceptors (Lipinski definition) is 9. The standard InChI is InChI=1S/C41H51N9O3.CH2O2/c1-28-10-7-8-19-48(28)40-45-44-37-18-15-31(27-49(37)40)53-35-17-16-34(32-13-5-6-14-33(32)35)42-39(51)43-38-25-36(41(2,3)4)46-50(38)30-12-9-11-29(24-30)26-47-20-22-52-23-21-47;2-1-3/h5-6,9,11-15,18,24-25,27-28,34-35H,7-8,10,16-17,19-23,26H2,1-4H3,(H2,42,43,51);1H,(H,2,3)/t28?,34-,35+;/m0./s1. The van der Waals surface area contributed by atoms with Crippen LogP contribution in [0.2, 0.25) is 0 Å². The van der Waals surface area contributed by atoms with Gasteiger partial charge in [0.2, 0.25) is 5.95 Å². The van der Waals surface area contributed by atoms with Crippen LogP contribution < -0.4 is 20.3 Å². The lowest BCUT2D eigenvalue weighted by atomic mass is 9.85. The van der Waals surface area contributed by atoms with Crippen LogP contribution in [-0.2, 0) is 21.5 Å². The number of morpholine rings is 1. The number of urea groups is 1. The minimum atomic E-state index is -0.271. The Morgan fingerprint density at radius 2 is 1.75 bits per heavy atom. The number of carboxylic acid groups (broad SMARTS) is 1. The second-order valence-electron chi connectivity index (χ2n) is 15.8. The van der Waals surface area contributed by atoms with E-state index < -0.39 is 0 Å². The molecule has 0 radical (unpaired) electrons. The second-order valence-corrected chi connectivity index (χ2v) is 15.8. The Bertz CT molecular complexity index is 2120. The number of ether oxygens (including phenoxy) is 2. The van der Waals surface area contributed by atoms with Crippen molar-refractivity contribution in [1.82, 2.24) is 34.6 Å². The van der Waals surface area contributed by atoms with E-state index in [2.05, 4.69) is 93.1 Å². The molecule has 56 heavy (non-hydrogen) atoms. The molecule has 0 bridgehead atoms. The Balaban J connectivity index is 0.00000155. The van der Waals surface area contributed by atoms with Crippen LogP contribution in [0, 0.1) is 0 Å². The molecule has 1 unspecified atom stereocenters. The van der Waals surface area contributed by atoms with Crippen molar-refractivity contribution in [3.63, 3.8) is 0 Å². The molecule has 3 aliphatic rings. The maximum atomic E-state index is 13.8. The van der Waals surface area contributed by atoms with Gasteiger partial charge >= 0.3 is 6.03 Å². The largest absolute Gasteiger partial charge is 0.484 e. The summed E-state index contributed by atoms with van der Waals surface area (Å²) in [5.41, 5.74) is 5.75. The van der Waals surface area contributed by atoms with Crippen molar-refractivity contribution < 1.29 is 24.2 Å². The van der Waals surface area contributed by atoms with Crippen molar-refractivity contribution in [1.29, 1.82) is 0 Å². The Morgan fingerprint density at radius 3 is 2.52 bits per heavy atom. The number of fused-ring (bicyclic) bond motifs is 2. The quantitative estimate of drug-likeness (QED) is 0.142. The van der Waals surface area contributed by atoms with Crippen molar-refractivity contribution in [3.05, 3.63) is 95.3 Å². The molecular weight excluding hydrogens is 711 g/mol. The van der Waals surface area contributed by atoms with Crippen LogP contribution in [-0.4, -0.2) is 85.8 Å². The Kier molecular flexibility index (Phi) is 11.9. The molecule has 3 atom stereocenters. The van der Waals surface area contributed by atoms with E-state index in [9.17, 15) is 4.79 Å².